The largest absolute Gasteiger partial charge is 0.371 e. The fraction of sp³-hybridized carbons (Fsp3) is 0.661. The number of anilines is 1. The minimum Gasteiger partial charge on any atom is -0.371 e. The van der Waals surface area contributed by atoms with Crippen LogP contribution in [0.15, 0.2) is 54.6 Å². The Labute approximate surface area is 387 Å². The van der Waals surface area contributed by atoms with Gasteiger partial charge in [-0.25, -0.2) is 0 Å². The molecule has 1 heterocycles. The first-order valence-corrected chi connectivity index (χ1v) is 26.9. The van der Waals surface area contributed by atoms with Gasteiger partial charge in [-0.1, -0.05) is 238 Å². The minimum absolute atomic E-state index is 0.0469. The van der Waals surface area contributed by atoms with E-state index in [1.165, 1.54) is 160 Å². The topological polar surface area (TPSA) is 40.6 Å². The van der Waals surface area contributed by atoms with Crippen LogP contribution in [0.1, 0.15) is 253 Å². The number of carbonyl (C=O) groups excluding carboxylic acids is 2. The van der Waals surface area contributed by atoms with E-state index < -0.39 is 0 Å². The maximum absolute atomic E-state index is 14.5. The Morgan fingerprint density at radius 2 is 0.937 bits per heavy atom. The van der Waals surface area contributed by atoms with Crippen molar-refractivity contribution in [3.63, 3.8) is 0 Å². The number of nitrogens with zero attached hydrogens (tertiary/aromatic N) is 2. The summed E-state index contributed by atoms with van der Waals surface area (Å²) < 4.78 is 0. The zero-order valence-electron chi connectivity index (χ0n) is 41.5. The van der Waals surface area contributed by atoms with Gasteiger partial charge in [0.15, 0.2) is 0 Å². The number of hydrogen-bond acceptors (Lipinski definition) is 3. The Kier molecular flexibility index (Phi) is 25.4. The second-order valence-electron chi connectivity index (χ2n) is 19.5. The van der Waals surface area contributed by atoms with Crippen LogP contribution in [0.4, 0.5) is 5.69 Å². The van der Waals surface area contributed by atoms with Crippen LogP contribution >= 0.6 is 0 Å². The van der Waals surface area contributed by atoms with Gasteiger partial charge < -0.3 is 4.90 Å². The van der Waals surface area contributed by atoms with Crippen molar-refractivity contribution in [3.05, 3.63) is 76.9 Å². The van der Waals surface area contributed by atoms with Crippen molar-refractivity contribution < 1.29 is 9.59 Å². The molecule has 0 spiro atoms. The number of amides is 2. The molecule has 350 valence electrons. The van der Waals surface area contributed by atoms with Crippen LogP contribution in [0.5, 0.6) is 0 Å². The highest BCUT2D eigenvalue weighted by molar-refractivity contribution is 6.26. The second kappa shape index (κ2) is 30.7. The predicted molar refractivity (Wildman–Crippen MR) is 276 cm³/mol. The number of imide groups is 1. The third-order valence-corrected chi connectivity index (χ3v) is 14.4. The van der Waals surface area contributed by atoms with Crippen LogP contribution in [-0.4, -0.2) is 35.8 Å². The van der Waals surface area contributed by atoms with Gasteiger partial charge in [0.05, 0.1) is 0 Å². The highest BCUT2D eigenvalue weighted by Gasteiger charge is 2.37. The first-order chi connectivity index (χ1) is 30.9. The number of carbonyl (C=O) groups is 2. The third kappa shape index (κ3) is 17.2. The lowest BCUT2D eigenvalue weighted by atomic mass is 9.89. The Hall–Kier alpha value is -3.40. The summed E-state index contributed by atoms with van der Waals surface area (Å²) >= 11 is 0. The molecule has 0 radical (unpaired) electrons. The zero-order chi connectivity index (χ0) is 45.1. The van der Waals surface area contributed by atoms with Gasteiger partial charge in [0, 0.05) is 41.3 Å². The molecule has 2 unspecified atom stereocenters. The van der Waals surface area contributed by atoms with E-state index in [1.54, 1.807) is 4.90 Å². The normalized spacial score (nSPS) is 13.9. The van der Waals surface area contributed by atoms with Crippen molar-refractivity contribution in [2.24, 2.45) is 11.8 Å². The lowest BCUT2D eigenvalue weighted by molar-refractivity contribution is 0.0517. The molecule has 4 heteroatoms. The second-order valence-corrected chi connectivity index (χ2v) is 19.5. The summed E-state index contributed by atoms with van der Waals surface area (Å²) in [6.07, 6.45) is 39.3. The van der Waals surface area contributed by atoms with Gasteiger partial charge in [-0.15, -0.1) is 0 Å². The van der Waals surface area contributed by atoms with Crippen LogP contribution in [0.25, 0.3) is 22.9 Å². The van der Waals surface area contributed by atoms with Gasteiger partial charge >= 0.3 is 0 Å². The molecule has 4 nitrogen and oxygen atoms in total. The molecule has 0 saturated carbocycles. The van der Waals surface area contributed by atoms with E-state index in [2.05, 4.69) is 95.0 Å². The molecule has 0 N–H and O–H groups in total. The van der Waals surface area contributed by atoms with Crippen molar-refractivity contribution >= 4 is 40.4 Å². The summed E-state index contributed by atoms with van der Waals surface area (Å²) in [6.45, 7) is 16.1. The molecule has 2 atom stereocenters. The molecule has 63 heavy (non-hydrogen) atoms. The fourth-order valence-electron chi connectivity index (χ4n) is 10.1. The van der Waals surface area contributed by atoms with Crippen molar-refractivity contribution in [1.29, 1.82) is 0 Å². The highest BCUT2D eigenvalue weighted by Crippen LogP contribution is 2.36. The van der Waals surface area contributed by atoms with Gasteiger partial charge in [-0.05, 0) is 78.3 Å². The Bertz CT molecular complexity index is 1680. The van der Waals surface area contributed by atoms with E-state index in [-0.39, 0.29) is 17.9 Å². The molecule has 1 aliphatic rings. The molecule has 0 bridgehead atoms. The molecule has 2 amide bonds. The zero-order valence-corrected chi connectivity index (χ0v) is 41.5. The monoisotopic (exact) mass is 861 g/mol. The first kappa shape index (κ1) is 52.2. The summed E-state index contributed by atoms with van der Waals surface area (Å²) in [5.74, 6) is 1.24. The summed E-state index contributed by atoms with van der Waals surface area (Å²) in [6, 6.07) is 19.3. The number of hydrogen-bond donors (Lipinski definition) is 0. The maximum Gasteiger partial charge on any atom is 0.261 e. The van der Waals surface area contributed by atoms with Crippen molar-refractivity contribution in [3.8, 4) is 0 Å². The molecule has 3 aromatic rings. The molecule has 0 aromatic heterocycles. The quantitative estimate of drug-likeness (QED) is 0.0332. The number of unbranched alkanes of at least 4 members (excludes halogenated alkanes) is 18. The molecule has 4 rings (SSSR count). The number of rotatable bonds is 36. The van der Waals surface area contributed by atoms with Gasteiger partial charge in [0.25, 0.3) is 11.8 Å². The fourth-order valence-corrected chi connectivity index (χ4v) is 10.1. The Morgan fingerprint density at radius 1 is 0.476 bits per heavy atom. The molecular formula is C59H92N2O2. The Balaban J connectivity index is 1.49. The van der Waals surface area contributed by atoms with Gasteiger partial charge in [0.2, 0.25) is 0 Å². The standard InChI is InChI=1S/C59H92N2O2/c1-7-13-17-19-21-23-25-27-29-34-53(35-30-28-26-24-22-20-18-14-8-2)61-58(62)55-37-31-36-54-51(42-45-56(57(54)55)59(61)63)41-38-50-39-43-52(44-40-50)60(46-48(11-5)32-15-9-3)47-49(12-6)33-16-10-4/h31,36-45,48-49,53H,7-30,32-35,46-47H2,1-6H3/b41-38+. The van der Waals surface area contributed by atoms with E-state index in [4.69, 9.17) is 0 Å². The lowest BCUT2D eigenvalue weighted by Gasteiger charge is -2.34. The Morgan fingerprint density at radius 3 is 1.41 bits per heavy atom. The van der Waals surface area contributed by atoms with Crippen molar-refractivity contribution in [2.45, 2.75) is 227 Å². The smallest absolute Gasteiger partial charge is 0.261 e. The molecule has 3 aromatic carbocycles. The van der Waals surface area contributed by atoms with E-state index in [1.807, 2.05) is 18.2 Å². The van der Waals surface area contributed by atoms with E-state index in [0.29, 0.717) is 11.1 Å². The summed E-state index contributed by atoms with van der Waals surface area (Å²) in [7, 11) is 0. The summed E-state index contributed by atoms with van der Waals surface area (Å²) in [5.41, 5.74) is 4.89. The van der Waals surface area contributed by atoms with Crippen molar-refractivity contribution in [2.75, 3.05) is 18.0 Å². The average molecular weight is 861 g/mol. The van der Waals surface area contributed by atoms with Crippen LogP contribution in [0.3, 0.4) is 0 Å². The molecule has 0 aliphatic carbocycles. The molecular weight excluding hydrogens is 769 g/mol. The maximum atomic E-state index is 14.5. The van der Waals surface area contributed by atoms with Crippen LogP contribution in [-0.2, 0) is 0 Å². The first-order valence-electron chi connectivity index (χ1n) is 26.9. The highest BCUT2D eigenvalue weighted by atomic mass is 16.2. The minimum atomic E-state index is -0.101. The van der Waals surface area contributed by atoms with E-state index >= 15 is 0 Å². The third-order valence-electron chi connectivity index (χ3n) is 14.4. The molecule has 0 saturated heterocycles. The van der Waals surface area contributed by atoms with Gasteiger partial charge in [-0.3, -0.25) is 14.5 Å². The predicted octanol–water partition coefficient (Wildman–Crippen LogP) is 18.1. The number of benzene rings is 3. The van der Waals surface area contributed by atoms with Gasteiger partial charge in [0.1, 0.15) is 0 Å². The summed E-state index contributed by atoms with van der Waals surface area (Å²) in [4.78, 5) is 33.4. The van der Waals surface area contributed by atoms with E-state index in [9.17, 15) is 9.59 Å². The van der Waals surface area contributed by atoms with Crippen LogP contribution < -0.4 is 4.90 Å². The van der Waals surface area contributed by atoms with Gasteiger partial charge in [-0.2, -0.15) is 0 Å². The molecule has 0 fully saturated rings. The lowest BCUT2D eigenvalue weighted by Crippen LogP contribution is -2.47. The van der Waals surface area contributed by atoms with Crippen molar-refractivity contribution in [1.82, 2.24) is 4.90 Å². The van der Waals surface area contributed by atoms with E-state index in [0.717, 1.165) is 72.5 Å². The SMILES string of the molecule is CCCCCCCCCCCC(CCCCCCCCCCC)N1C(=O)c2cccc3c(/C=C/c4ccc(N(CC(CC)CCCC)CC(CC)CCCC)cc4)ccc(c23)C1=O. The summed E-state index contributed by atoms with van der Waals surface area (Å²) in [5, 5.41) is 1.80. The average Bonchev–Trinajstić information content (AvgIpc) is 3.31. The molecule has 1 aliphatic heterocycles. The van der Waals surface area contributed by atoms with Crippen LogP contribution in [0, 0.1) is 11.8 Å². The van der Waals surface area contributed by atoms with Crippen LogP contribution in [0.2, 0.25) is 0 Å².